The number of fused-ring (bicyclic) bond motifs is 1. The van der Waals surface area contributed by atoms with Crippen LogP contribution < -0.4 is 10.5 Å². The third-order valence-electron chi connectivity index (χ3n) is 4.47. The first-order valence-corrected chi connectivity index (χ1v) is 10.4. The molecule has 0 spiro atoms. The van der Waals surface area contributed by atoms with Crippen molar-refractivity contribution < 1.29 is 8.42 Å². The number of aryl methyl sites for hydroxylation is 1. The van der Waals surface area contributed by atoms with Crippen LogP contribution in [-0.2, 0) is 10.0 Å². The molecule has 3 N–H and O–H groups in total. The number of nitrogens with one attached hydrogen (secondary N) is 1. The Hall–Kier alpha value is -2.24. The summed E-state index contributed by atoms with van der Waals surface area (Å²) in [5.41, 5.74) is 0.611. The molecule has 3 aliphatic heterocycles. The number of nitrogens with two attached hydrogens (primary N) is 1. The van der Waals surface area contributed by atoms with Crippen LogP contribution in [-0.4, -0.2) is 62.4 Å². The molecule has 11 heteroatoms. The zero-order valence-corrected chi connectivity index (χ0v) is 16.0. The summed E-state index contributed by atoms with van der Waals surface area (Å²) in [7, 11) is -1.78. The van der Waals surface area contributed by atoms with Gasteiger partial charge in [-0.3, -0.25) is 10.0 Å². The normalized spacial score (nSPS) is 24.7. The molecular weight excluding hydrogens is 374 g/mol. The average molecular weight is 393 g/mol. The second-order valence-corrected chi connectivity index (χ2v) is 9.24. The molecule has 138 valence electrons. The van der Waals surface area contributed by atoms with Crippen molar-refractivity contribution in [2.75, 3.05) is 25.5 Å². The van der Waals surface area contributed by atoms with Crippen molar-refractivity contribution in [2.45, 2.75) is 17.2 Å². The molecule has 0 aliphatic carbocycles. The van der Waals surface area contributed by atoms with E-state index in [1.165, 1.54) is 0 Å². The van der Waals surface area contributed by atoms with Crippen LogP contribution in [0.1, 0.15) is 5.56 Å². The topological polar surface area (TPSA) is 116 Å². The van der Waals surface area contributed by atoms with Crippen molar-refractivity contribution in [2.24, 2.45) is 26.1 Å². The number of anilines is 1. The number of sulfonamides is 1. The number of amidine groups is 2. The first-order valence-electron chi connectivity index (χ1n) is 8.06. The lowest BCUT2D eigenvalue weighted by Gasteiger charge is -2.29. The highest BCUT2D eigenvalue weighted by Crippen LogP contribution is 2.31. The predicted molar refractivity (Wildman–Crippen MR) is 103 cm³/mol. The smallest absolute Gasteiger partial charge is 0.247 e. The van der Waals surface area contributed by atoms with Crippen molar-refractivity contribution in [3.05, 3.63) is 24.0 Å². The zero-order valence-electron chi connectivity index (χ0n) is 14.3. The van der Waals surface area contributed by atoms with E-state index in [0.29, 0.717) is 28.9 Å². The first kappa shape index (κ1) is 17.2. The van der Waals surface area contributed by atoms with E-state index in [-0.39, 0.29) is 10.3 Å². The number of nitrogens with zero attached hydrogens (tertiary/aromatic N) is 5. The van der Waals surface area contributed by atoms with Crippen LogP contribution in [0.5, 0.6) is 0 Å². The van der Waals surface area contributed by atoms with Gasteiger partial charge < -0.3 is 10.2 Å². The van der Waals surface area contributed by atoms with Gasteiger partial charge in [0.1, 0.15) is 4.21 Å². The van der Waals surface area contributed by atoms with E-state index in [1.807, 2.05) is 24.5 Å². The Bertz CT molecular complexity index is 961. The molecule has 9 nitrogen and oxygen atoms in total. The highest BCUT2D eigenvalue weighted by molar-refractivity contribution is 7.91. The number of hydrazone groups is 1. The summed E-state index contributed by atoms with van der Waals surface area (Å²) in [5, 5.41) is 15.3. The molecule has 2 unspecified atom stereocenters. The Kier molecular flexibility index (Phi) is 4.09. The third kappa shape index (κ3) is 3.02. The van der Waals surface area contributed by atoms with Gasteiger partial charge in [0.15, 0.2) is 11.7 Å². The lowest BCUT2D eigenvalue weighted by molar-refractivity contribution is 0.299. The minimum Gasteiger partial charge on any atom is -0.329 e. The van der Waals surface area contributed by atoms with Crippen LogP contribution in [0.25, 0.3) is 0 Å². The van der Waals surface area contributed by atoms with Gasteiger partial charge in [0.25, 0.3) is 0 Å². The Labute approximate surface area is 155 Å². The fourth-order valence-electron chi connectivity index (χ4n) is 3.30. The van der Waals surface area contributed by atoms with Gasteiger partial charge in [-0.2, -0.15) is 5.10 Å². The van der Waals surface area contributed by atoms with E-state index in [1.54, 1.807) is 19.2 Å². The molecule has 0 radical (unpaired) electrons. The van der Waals surface area contributed by atoms with Crippen LogP contribution in [0.4, 0.5) is 5.00 Å². The molecule has 0 amide bonds. The van der Waals surface area contributed by atoms with Gasteiger partial charge in [-0.1, -0.05) is 0 Å². The number of hydrogen-bond acceptors (Lipinski definition) is 9. The molecule has 0 bridgehead atoms. The molecule has 0 aromatic carbocycles. The van der Waals surface area contributed by atoms with Crippen molar-refractivity contribution in [3.8, 4) is 0 Å². The van der Waals surface area contributed by atoms with Crippen molar-refractivity contribution in [3.63, 3.8) is 0 Å². The van der Waals surface area contributed by atoms with E-state index in [9.17, 15) is 8.42 Å². The van der Waals surface area contributed by atoms with E-state index >= 15 is 0 Å². The monoisotopic (exact) mass is 393 g/mol. The number of hydrogen-bond donors (Lipinski definition) is 2. The highest BCUT2D eigenvalue weighted by atomic mass is 32.2. The molecule has 2 atom stereocenters. The molecule has 0 saturated carbocycles. The Morgan fingerprint density at radius 1 is 1.42 bits per heavy atom. The fourth-order valence-corrected chi connectivity index (χ4v) is 5.34. The van der Waals surface area contributed by atoms with E-state index in [0.717, 1.165) is 23.7 Å². The summed E-state index contributed by atoms with van der Waals surface area (Å²) < 4.78 is 23.4. The molecule has 26 heavy (non-hydrogen) atoms. The molecule has 4 rings (SSSR count). The zero-order chi connectivity index (χ0) is 18.5. The average Bonchev–Trinajstić information content (AvgIpc) is 3.25. The maximum Gasteiger partial charge on any atom is 0.247 e. The summed E-state index contributed by atoms with van der Waals surface area (Å²) in [6.07, 6.45) is 5.61. The minimum absolute atomic E-state index is 0.153. The summed E-state index contributed by atoms with van der Waals surface area (Å²) in [6.45, 7) is 3.24. The van der Waals surface area contributed by atoms with Gasteiger partial charge in [-0.05, 0) is 18.6 Å². The van der Waals surface area contributed by atoms with Crippen LogP contribution >= 0.6 is 11.3 Å². The van der Waals surface area contributed by atoms with Crippen LogP contribution in [0.2, 0.25) is 0 Å². The van der Waals surface area contributed by atoms with Gasteiger partial charge in [-0.15, -0.1) is 11.3 Å². The van der Waals surface area contributed by atoms with Gasteiger partial charge in [0.05, 0.1) is 17.6 Å². The van der Waals surface area contributed by atoms with Gasteiger partial charge in [-0.25, -0.2) is 18.5 Å². The summed E-state index contributed by atoms with van der Waals surface area (Å²) >= 11 is 1.09. The quantitative estimate of drug-likeness (QED) is 0.781. The van der Waals surface area contributed by atoms with Crippen molar-refractivity contribution in [1.82, 2.24) is 9.91 Å². The molecular formula is C15H19N7O2S2. The van der Waals surface area contributed by atoms with Gasteiger partial charge in [0, 0.05) is 38.1 Å². The predicted octanol–water partition coefficient (Wildman–Crippen LogP) is 0.629. The SMILES string of the molecule is Cc1cc(NC2=NC=CN3C2=NCC3C2C=NN(C)C2)sc1S(N)(=O)=O. The molecule has 4 heterocycles. The van der Waals surface area contributed by atoms with Gasteiger partial charge >= 0.3 is 0 Å². The minimum atomic E-state index is -3.73. The lowest BCUT2D eigenvalue weighted by Crippen LogP contribution is -2.44. The van der Waals surface area contributed by atoms with E-state index < -0.39 is 10.0 Å². The molecule has 3 aliphatic rings. The maximum absolute atomic E-state index is 11.6. The Morgan fingerprint density at radius 2 is 2.23 bits per heavy atom. The number of aliphatic imine (C=N–C) groups is 2. The number of rotatable bonds is 3. The largest absolute Gasteiger partial charge is 0.329 e. The highest BCUT2D eigenvalue weighted by Gasteiger charge is 2.37. The first-order chi connectivity index (χ1) is 12.3. The lowest BCUT2D eigenvalue weighted by atomic mass is 10.0. The number of primary sulfonamides is 1. The fraction of sp³-hybridized carbons (Fsp3) is 0.400. The second kappa shape index (κ2) is 6.18. The van der Waals surface area contributed by atoms with E-state index in [2.05, 4.69) is 25.3 Å². The maximum atomic E-state index is 11.6. The molecule has 1 aromatic rings. The Morgan fingerprint density at radius 3 is 2.88 bits per heavy atom. The standard InChI is InChI=1S/C15H19N7O2S2/c1-9-5-12(25-15(9)26(16,23)24)20-13-14-18-7-11(22(14)4-3-17-13)10-6-19-21(2)8-10/h3-6,10-11H,7-8H2,1-2H3,(H,17,20)(H2,16,23,24). The van der Waals surface area contributed by atoms with Crippen LogP contribution in [0, 0.1) is 12.8 Å². The van der Waals surface area contributed by atoms with E-state index in [4.69, 9.17) is 5.14 Å². The molecule has 0 saturated heterocycles. The molecule has 1 aromatic heterocycles. The van der Waals surface area contributed by atoms with Crippen LogP contribution in [0.15, 0.2) is 37.8 Å². The Balaban J connectivity index is 1.54. The third-order valence-corrected chi connectivity index (χ3v) is 7.20. The summed E-state index contributed by atoms with van der Waals surface area (Å²) in [6, 6.07) is 1.95. The van der Waals surface area contributed by atoms with Crippen LogP contribution in [0.3, 0.4) is 0 Å². The molecule has 0 fully saturated rings. The second-order valence-electron chi connectivity index (χ2n) is 6.43. The number of thiophene rings is 1. The summed E-state index contributed by atoms with van der Waals surface area (Å²) in [5.74, 6) is 1.65. The van der Waals surface area contributed by atoms with Crippen molar-refractivity contribution >= 4 is 44.2 Å². The van der Waals surface area contributed by atoms with Crippen molar-refractivity contribution in [1.29, 1.82) is 0 Å². The van der Waals surface area contributed by atoms with Gasteiger partial charge in [0.2, 0.25) is 10.0 Å². The summed E-state index contributed by atoms with van der Waals surface area (Å²) in [4.78, 5) is 11.1.